The SMILES string of the molecule is CC(CNC(=O)C(C)(C)c1ccccc1)Oc1cccnc1. The molecule has 1 aromatic heterocycles. The predicted molar refractivity (Wildman–Crippen MR) is 86.8 cm³/mol. The van der Waals surface area contributed by atoms with Gasteiger partial charge in [-0.15, -0.1) is 0 Å². The lowest BCUT2D eigenvalue weighted by atomic mass is 9.84. The van der Waals surface area contributed by atoms with Crippen LogP contribution >= 0.6 is 0 Å². The van der Waals surface area contributed by atoms with Crippen LogP contribution in [-0.2, 0) is 10.2 Å². The Kier molecular flexibility index (Phi) is 5.15. The number of ether oxygens (including phenoxy) is 1. The van der Waals surface area contributed by atoms with E-state index in [1.807, 2.05) is 63.2 Å². The van der Waals surface area contributed by atoms with Crippen molar-refractivity contribution in [1.82, 2.24) is 10.3 Å². The Morgan fingerprint density at radius 3 is 2.59 bits per heavy atom. The van der Waals surface area contributed by atoms with Crippen LogP contribution in [-0.4, -0.2) is 23.5 Å². The van der Waals surface area contributed by atoms with Gasteiger partial charge in [-0.2, -0.15) is 0 Å². The van der Waals surface area contributed by atoms with Crippen molar-refractivity contribution < 1.29 is 9.53 Å². The summed E-state index contributed by atoms with van der Waals surface area (Å²) < 4.78 is 5.71. The standard InChI is InChI=1S/C18H22N2O2/c1-14(22-16-10-7-11-19-13-16)12-20-17(21)18(2,3)15-8-5-4-6-9-15/h4-11,13-14H,12H2,1-3H3,(H,20,21). The molecule has 4 heteroatoms. The fourth-order valence-electron chi connectivity index (χ4n) is 2.13. The van der Waals surface area contributed by atoms with Crippen LogP contribution < -0.4 is 10.1 Å². The minimum atomic E-state index is -0.574. The molecule has 1 atom stereocenters. The van der Waals surface area contributed by atoms with Gasteiger partial charge < -0.3 is 10.1 Å². The molecule has 1 aromatic carbocycles. The summed E-state index contributed by atoms with van der Waals surface area (Å²) in [5.41, 5.74) is 0.420. The number of carbonyl (C=O) groups excluding carboxylic acids is 1. The Hall–Kier alpha value is -2.36. The molecule has 116 valence electrons. The molecule has 0 aliphatic rings. The molecular weight excluding hydrogens is 276 g/mol. The van der Waals surface area contributed by atoms with Gasteiger partial charge in [-0.3, -0.25) is 9.78 Å². The highest BCUT2D eigenvalue weighted by molar-refractivity contribution is 5.87. The van der Waals surface area contributed by atoms with E-state index in [2.05, 4.69) is 10.3 Å². The van der Waals surface area contributed by atoms with Crippen LogP contribution in [0.1, 0.15) is 26.3 Å². The van der Waals surface area contributed by atoms with Crippen LogP contribution in [0.5, 0.6) is 5.75 Å². The fraction of sp³-hybridized carbons (Fsp3) is 0.333. The van der Waals surface area contributed by atoms with E-state index in [0.29, 0.717) is 12.3 Å². The predicted octanol–water partition coefficient (Wildman–Crippen LogP) is 2.94. The summed E-state index contributed by atoms with van der Waals surface area (Å²) >= 11 is 0. The largest absolute Gasteiger partial charge is 0.487 e. The van der Waals surface area contributed by atoms with Crippen LogP contribution in [0.3, 0.4) is 0 Å². The van der Waals surface area contributed by atoms with Crippen LogP contribution in [0.15, 0.2) is 54.9 Å². The maximum Gasteiger partial charge on any atom is 0.230 e. The average Bonchev–Trinajstić information content (AvgIpc) is 2.54. The molecule has 0 saturated carbocycles. The van der Waals surface area contributed by atoms with Crippen molar-refractivity contribution >= 4 is 5.91 Å². The summed E-state index contributed by atoms with van der Waals surface area (Å²) in [4.78, 5) is 16.4. The molecule has 0 aliphatic carbocycles. The number of nitrogens with one attached hydrogen (secondary N) is 1. The zero-order valence-corrected chi connectivity index (χ0v) is 13.2. The van der Waals surface area contributed by atoms with Gasteiger partial charge in [0.05, 0.1) is 18.2 Å². The molecule has 1 unspecified atom stereocenters. The van der Waals surface area contributed by atoms with Crippen LogP contribution in [0.25, 0.3) is 0 Å². The van der Waals surface area contributed by atoms with Crippen molar-refractivity contribution in [2.45, 2.75) is 32.3 Å². The van der Waals surface area contributed by atoms with E-state index in [1.165, 1.54) is 0 Å². The lowest BCUT2D eigenvalue weighted by Gasteiger charge is -2.25. The number of hydrogen-bond donors (Lipinski definition) is 1. The first-order valence-corrected chi connectivity index (χ1v) is 7.40. The molecular formula is C18H22N2O2. The molecule has 0 aliphatic heterocycles. The Balaban J connectivity index is 1.89. The zero-order chi connectivity index (χ0) is 16.0. The van der Waals surface area contributed by atoms with Crippen molar-refractivity contribution in [3.63, 3.8) is 0 Å². The first kappa shape index (κ1) is 16.0. The third-order valence-electron chi connectivity index (χ3n) is 3.58. The monoisotopic (exact) mass is 298 g/mol. The summed E-state index contributed by atoms with van der Waals surface area (Å²) in [6.45, 7) is 6.21. The molecule has 0 fully saturated rings. The summed E-state index contributed by atoms with van der Waals surface area (Å²) in [5, 5.41) is 2.96. The quantitative estimate of drug-likeness (QED) is 0.892. The lowest BCUT2D eigenvalue weighted by Crippen LogP contribution is -2.43. The van der Waals surface area contributed by atoms with Gasteiger partial charge in [-0.1, -0.05) is 30.3 Å². The van der Waals surface area contributed by atoms with E-state index in [1.54, 1.807) is 12.4 Å². The number of amides is 1. The summed E-state index contributed by atoms with van der Waals surface area (Å²) in [6, 6.07) is 13.4. The fourth-order valence-corrected chi connectivity index (χ4v) is 2.13. The normalized spacial score (nSPS) is 12.5. The van der Waals surface area contributed by atoms with Gasteiger partial charge in [0.15, 0.2) is 0 Å². The van der Waals surface area contributed by atoms with Gasteiger partial charge in [-0.05, 0) is 38.5 Å². The average molecular weight is 298 g/mol. The number of aromatic nitrogens is 1. The third-order valence-corrected chi connectivity index (χ3v) is 3.58. The highest BCUT2D eigenvalue weighted by Crippen LogP contribution is 2.22. The molecule has 1 heterocycles. The topological polar surface area (TPSA) is 51.2 Å². The summed E-state index contributed by atoms with van der Waals surface area (Å²) in [6.07, 6.45) is 3.23. The molecule has 1 N–H and O–H groups in total. The lowest BCUT2D eigenvalue weighted by molar-refractivity contribution is -0.126. The van der Waals surface area contributed by atoms with Gasteiger partial charge in [-0.25, -0.2) is 0 Å². The first-order valence-electron chi connectivity index (χ1n) is 7.40. The van der Waals surface area contributed by atoms with Crippen molar-refractivity contribution in [2.75, 3.05) is 6.54 Å². The third kappa shape index (κ3) is 4.07. The number of nitrogens with zero attached hydrogens (tertiary/aromatic N) is 1. The molecule has 0 bridgehead atoms. The molecule has 2 aromatic rings. The number of carbonyl (C=O) groups is 1. The van der Waals surface area contributed by atoms with Gasteiger partial charge in [0.2, 0.25) is 5.91 Å². The maximum atomic E-state index is 12.4. The smallest absolute Gasteiger partial charge is 0.230 e. The Bertz CT molecular complexity index is 597. The van der Waals surface area contributed by atoms with Gasteiger partial charge in [0, 0.05) is 6.20 Å². The van der Waals surface area contributed by atoms with E-state index in [9.17, 15) is 4.79 Å². The van der Waals surface area contributed by atoms with Crippen molar-refractivity contribution in [2.24, 2.45) is 0 Å². The minimum Gasteiger partial charge on any atom is -0.487 e. The number of pyridine rings is 1. The van der Waals surface area contributed by atoms with Crippen LogP contribution in [0, 0.1) is 0 Å². The number of hydrogen-bond acceptors (Lipinski definition) is 3. The van der Waals surface area contributed by atoms with Crippen molar-refractivity contribution in [3.05, 3.63) is 60.4 Å². The van der Waals surface area contributed by atoms with Crippen molar-refractivity contribution in [3.8, 4) is 5.75 Å². The molecule has 0 saturated heterocycles. The molecule has 22 heavy (non-hydrogen) atoms. The second-order valence-electron chi connectivity index (χ2n) is 5.82. The zero-order valence-electron chi connectivity index (χ0n) is 13.2. The maximum absolute atomic E-state index is 12.4. The first-order chi connectivity index (χ1) is 10.5. The van der Waals surface area contributed by atoms with Crippen LogP contribution in [0.2, 0.25) is 0 Å². The Labute approximate surface area is 131 Å². The highest BCUT2D eigenvalue weighted by atomic mass is 16.5. The van der Waals surface area contributed by atoms with E-state index in [-0.39, 0.29) is 12.0 Å². The molecule has 4 nitrogen and oxygen atoms in total. The molecule has 1 amide bonds. The number of rotatable bonds is 6. The Morgan fingerprint density at radius 1 is 1.23 bits per heavy atom. The molecule has 2 rings (SSSR count). The molecule has 0 radical (unpaired) electrons. The number of benzene rings is 1. The summed E-state index contributed by atoms with van der Waals surface area (Å²) in [5.74, 6) is 0.687. The van der Waals surface area contributed by atoms with Gasteiger partial charge in [0.1, 0.15) is 11.9 Å². The second-order valence-corrected chi connectivity index (χ2v) is 5.82. The highest BCUT2D eigenvalue weighted by Gasteiger charge is 2.29. The molecule has 0 spiro atoms. The minimum absolute atomic E-state index is 0.0136. The summed E-state index contributed by atoms with van der Waals surface area (Å²) in [7, 11) is 0. The second kappa shape index (κ2) is 7.07. The van der Waals surface area contributed by atoms with E-state index in [0.717, 1.165) is 5.56 Å². The van der Waals surface area contributed by atoms with Crippen LogP contribution in [0.4, 0.5) is 0 Å². The van der Waals surface area contributed by atoms with Gasteiger partial charge >= 0.3 is 0 Å². The van der Waals surface area contributed by atoms with E-state index in [4.69, 9.17) is 4.74 Å². The van der Waals surface area contributed by atoms with Crippen molar-refractivity contribution in [1.29, 1.82) is 0 Å². The Morgan fingerprint density at radius 2 is 1.95 bits per heavy atom. The van der Waals surface area contributed by atoms with E-state index >= 15 is 0 Å². The van der Waals surface area contributed by atoms with Gasteiger partial charge in [0.25, 0.3) is 0 Å². The van der Waals surface area contributed by atoms with E-state index < -0.39 is 5.41 Å².